The molecule has 1 aliphatic rings. The van der Waals surface area contributed by atoms with Gasteiger partial charge in [0, 0.05) is 17.3 Å². The Kier molecular flexibility index (Phi) is 5.84. The van der Waals surface area contributed by atoms with E-state index >= 15 is 0 Å². The lowest BCUT2D eigenvalue weighted by molar-refractivity contribution is -0.113. The molecule has 3 aromatic heterocycles. The van der Waals surface area contributed by atoms with Crippen molar-refractivity contribution in [2.75, 3.05) is 11.1 Å². The number of hydrogen-bond donors (Lipinski definition) is 1. The van der Waals surface area contributed by atoms with Crippen LogP contribution in [0.25, 0.3) is 15.9 Å². The second kappa shape index (κ2) is 8.79. The van der Waals surface area contributed by atoms with Crippen molar-refractivity contribution in [3.05, 3.63) is 63.1 Å². The molecule has 170 valence electrons. The van der Waals surface area contributed by atoms with Crippen molar-refractivity contribution in [1.29, 1.82) is 0 Å². The average Bonchev–Trinajstić information content (AvgIpc) is 3.28. The maximum atomic E-state index is 13.0. The molecule has 1 aromatic carbocycles. The van der Waals surface area contributed by atoms with Gasteiger partial charge in [0.05, 0.1) is 17.1 Å². The first-order valence-corrected chi connectivity index (χ1v) is 12.8. The normalized spacial score (nSPS) is 15.5. The summed E-state index contributed by atoms with van der Waals surface area (Å²) >= 11 is 3.15. The lowest BCUT2D eigenvalue weighted by Gasteiger charge is -2.18. The molecule has 1 aliphatic carbocycles. The summed E-state index contributed by atoms with van der Waals surface area (Å²) in [5.74, 6) is 0.636. The first-order chi connectivity index (χ1) is 15.9. The molecule has 0 bridgehead atoms. The molecule has 4 aromatic rings. The van der Waals surface area contributed by atoms with Crippen LogP contribution in [0.1, 0.15) is 29.5 Å². The summed E-state index contributed by atoms with van der Waals surface area (Å²) in [6, 6.07) is 9.39. The van der Waals surface area contributed by atoms with Crippen molar-refractivity contribution in [3.63, 3.8) is 0 Å². The van der Waals surface area contributed by atoms with Crippen LogP contribution in [0.2, 0.25) is 0 Å². The molecule has 33 heavy (non-hydrogen) atoms. The van der Waals surface area contributed by atoms with Crippen molar-refractivity contribution >= 4 is 44.9 Å². The number of rotatable bonds is 5. The fraction of sp³-hybridized carbons (Fsp3) is 0.333. The third-order valence-corrected chi connectivity index (χ3v) is 8.37. The number of para-hydroxylation sites is 1. The number of nitrogens with one attached hydrogen (secondary N) is 1. The van der Waals surface area contributed by atoms with Gasteiger partial charge < -0.3 is 5.32 Å². The number of nitrogens with zero attached hydrogens (tertiary/aromatic N) is 4. The third-order valence-electron chi connectivity index (χ3n) is 6.22. The number of hydrogen-bond acceptors (Lipinski definition) is 6. The Morgan fingerprint density at radius 2 is 2.06 bits per heavy atom. The van der Waals surface area contributed by atoms with E-state index in [1.165, 1.54) is 28.6 Å². The molecule has 0 spiro atoms. The zero-order valence-electron chi connectivity index (χ0n) is 18.8. The standard InChI is InChI=1S/C24H25N5O2S2/c1-14-9-10-17-18(11-14)33-23-20(17)22(25-13-26-23)32-12-19(30)27-21-15(2)28(3)29(24(21)31)16-7-5-4-6-8-16/h4-8,13-14H,9-12H2,1-3H3,(H,27,30)/t14-/m0/s1. The minimum Gasteiger partial charge on any atom is -0.319 e. The number of anilines is 1. The maximum Gasteiger partial charge on any atom is 0.295 e. The summed E-state index contributed by atoms with van der Waals surface area (Å²) < 4.78 is 3.32. The minimum absolute atomic E-state index is 0.173. The van der Waals surface area contributed by atoms with Gasteiger partial charge in [-0.2, -0.15) is 0 Å². The maximum absolute atomic E-state index is 13.0. The van der Waals surface area contributed by atoms with E-state index in [9.17, 15) is 9.59 Å². The fourth-order valence-electron chi connectivity index (χ4n) is 4.38. The van der Waals surface area contributed by atoms with E-state index in [-0.39, 0.29) is 17.2 Å². The van der Waals surface area contributed by atoms with Crippen molar-refractivity contribution in [3.8, 4) is 5.69 Å². The number of thioether (sulfide) groups is 1. The van der Waals surface area contributed by atoms with Crippen molar-refractivity contribution in [2.24, 2.45) is 13.0 Å². The second-order valence-corrected chi connectivity index (χ2v) is 10.5. The minimum atomic E-state index is -0.245. The quantitative estimate of drug-likeness (QED) is 0.340. The first-order valence-electron chi connectivity index (χ1n) is 11.0. The zero-order chi connectivity index (χ0) is 23.1. The van der Waals surface area contributed by atoms with Gasteiger partial charge in [0.2, 0.25) is 5.91 Å². The number of amides is 1. The molecule has 0 saturated heterocycles. The Bertz CT molecular complexity index is 1400. The molecule has 0 fully saturated rings. The van der Waals surface area contributed by atoms with Crippen LogP contribution in [-0.4, -0.2) is 31.0 Å². The van der Waals surface area contributed by atoms with Gasteiger partial charge in [-0.15, -0.1) is 11.3 Å². The molecule has 0 saturated carbocycles. The predicted molar refractivity (Wildman–Crippen MR) is 134 cm³/mol. The van der Waals surface area contributed by atoms with Gasteiger partial charge in [0.15, 0.2) is 0 Å². The summed E-state index contributed by atoms with van der Waals surface area (Å²) in [5.41, 5.74) is 2.86. The zero-order valence-corrected chi connectivity index (χ0v) is 20.4. The van der Waals surface area contributed by atoms with E-state index in [0.29, 0.717) is 17.3 Å². The van der Waals surface area contributed by atoms with Crippen LogP contribution < -0.4 is 10.9 Å². The van der Waals surface area contributed by atoms with E-state index in [2.05, 4.69) is 22.2 Å². The highest BCUT2D eigenvalue weighted by atomic mass is 32.2. The molecule has 1 atom stereocenters. The van der Waals surface area contributed by atoms with Crippen LogP contribution in [0.3, 0.4) is 0 Å². The Morgan fingerprint density at radius 1 is 1.27 bits per heavy atom. The van der Waals surface area contributed by atoms with Gasteiger partial charge in [0.1, 0.15) is 21.9 Å². The highest BCUT2D eigenvalue weighted by molar-refractivity contribution is 8.00. The van der Waals surface area contributed by atoms with Gasteiger partial charge >= 0.3 is 0 Å². The summed E-state index contributed by atoms with van der Waals surface area (Å²) in [5, 5.41) is 4.78. The fourth-order valence-corrected chi connectivity index (χ4v) is 6.62. The monoisotopic (exact) mass is 479 g/mol. The average molecular weight is 480 g/mol. The Morgan fingerprint density at radius 3 is 2.85 bits per heavy atom. The lowest BCUT2D eigenvalue weighted by Crippen LogP contribution is -2.23. The van der Waals surface area contributed by atoms with Gasteiger partial charge in [-0.25, -0.2) is 14.6 Å². The lowest BCUT2D eigenvalue weighted by atomic mass is 9.89. The van der Waals surface area contributed by atoms with Gasteiger partial charge in [-0.1, -0.05) is 36.9 Å². The molecule has 3 heterocycles. The number of aromatic nitrogens is 4. The van der Waals surface area contributed by atoms with E-state index in [1.54, 1.807) is 27.0 Å². The Balaban J connectivity index is 1.36. The molecule has 0 unspecified atom stereocenters. The number of carbonyl (C=O) groups is 1. The van der Waals surface area contributed by atoms with Crippen LogP contribution in [0.5, 0.6) is 0 Å². The van der Waals surface area contributed by atoms with Crippen LogP contribution >= 0.6 is 23.1 Å². The van der Waals surface area contributed by atoms with Gasteiger partial charge in [0.25, 0.3) is 5.56 Å². The molecular weight excluding hydrogens is 454 g/mol. The van der Waals surface area contributed by atoms with Gasteiger partial charge in [-0.05, 0) is 49.8 Å². The summed E-state index contributed by atoms with van der Waals surface area (Å²) in [6.07, 6.45) is 4.86. The topological polar surface area (TPSA) is 81.8 Å². The molecular formula is C24H25N5O2S2. The van der Waals surface area contributed by atoms with Crippen LogP contribution in [-0.2, 0) is 24.7 Å². The number of thiophene rings is 1. The molecule has 1 N–H and O–H groups in total. The van der Waals surface area contributed by atoms with Crippen LogP contribution in [0.15, 0.2) is 46.5 Å². The number of aryl methyl sites for hydroxylation is 1. The second-order valence-electron chi connectivity index (χ2n) is 8.48. The van der Waals surface area contributed by atoms with Crippen molar-refractivity contribution in [2.45, 2.75) is 38.1 Å². The van der Waals surface area contributed by atoms with Crippen molar-refractivity contribution < 1.29 is 4.79 Å². The Labute approximate surface area is 199 Å². The molecule has 1 amide bonds. The predicted octanol–water partition coefficient (Wildman–Crippen LogP) is 4.34. The number of benzene rings is 1. The van der Waals surface area contributed by atoms with Crippen molar-refractivity contribution in [1.82, 2.24) is 19.3 Å². The van der Waals surface area contributed by atoms with E-state index in [0.717, 1.165) is 33.8 Å². The Hall–Kier alpha value is -2.91. The van der Waals surface area contributed by atoms with Gasteiger partial charge in [-0.3, -0.25) is 14.3 Å². The molecule has 9 heteroatoms. The molecule has 0 aliphatic heterocycles. The van der Waals surface area contributed by atoms with E-state index in [4.69, 9.17) is 0 Å². The SMILES string of the molecule is Cc1c(NC(=O)CSc2ncnc3sc4c(c23)CC[C@H](C)C4)c(=O)n(-c2ccccc2)n1C. The molecule has 5 rings (SSSR count). The summed E-state index contributed by atoms with van der Waals surface area (Å²) in [6.45, 7) is 4.12. The largest absolute Gasteiger partial charge is 0.319 e. The van der Waals surface area contributed by atoms with Crippen LogP contribution in [0, 0.1) is 12.8 Å². The number of carbonyl (C=O) groups excluding carboxylic acids is 1. The van der Waals surface area contributed by atoms with E-state index in [1.807, 2.05) is 44.3 Å². The smallest absolute Gasteiger partial charge is 0.295 e. The summed E-state index contributed by atoms with van der Waals surface area (Å²) in [7, 11) is 1.81. The van der Waals surface area contributed by atoms with E-state index < -0.39 is 0 Å². The summed E-state index contributed by atoms with van der Waals surface area (Å²) in [4.78, 5) is 37.2. The first kappa shape index (κ1) is 21.9. The third kappa shape index (κ3) is 4.00. The molecule has 7 nitrogen and oxygen atoms in total. The van der Waals surface area contributed by atoms with Crippen LogP contribution in [0.4, 0.5) is 5.69 Å². The number of fused-ring (bicyclic) bond motifs is 3. The molecule has 0 radical (unpaired) electrons. The highest BCUT2D eigenvalue weighted by Gasteiger charge is 2.24. The highest BCUT2D eigenvalue weighted by Crippen LogP contribution is 2.40.